The molecule has 0 saturated carbocycles. The molecular formula is C6H6N4S2. The zero-order chi connectivity index (χ0) is 8.55. The van der Waals surface area contributed by atoms with Crippen LogP contribution in [-0.4, -0.2) is 9.97 Å². The first-order valence-electron chi connectivity index (χ1n) is 3.18. The third-order valence-electron chi connectivity index (χ3n) is 1.26. The van der Waals surface area contributed by atoms with Crippen molar-refractivity contribution in [3.05, 3.63) is 10.8 Å². The molecule has 6 heteroatoms. The lowest BCUT2D eigenvalue weighted by atomic mass is 10.5. The van der Waals surface area contributed by atoms with Crippen LogP contribution in [0, 0.1) is 0 Å². The van der Waals surface area contributed by atoms with Gasteiger partial charge in [0.1, 0.15) is 16.5 Å². The van der Waals surface area contributed by atoms with E-state index in [-0.39, 0.29) is 0 Å². The Morgan fingerprint density at radius 2 is 1.92 bits per heavy atom. The number of hydrogen-bond acceptors (Lipinski definition) is 6. The Morgan fingerprint density at radius 1 is 1.08 bits per heavy atom. The Balaban J connectivity index is 2.43. The Kier molecular flexibility index (Phi) is 1.70. The highest BCUT2D eigenvalue weighted by Crippen LogP contribution is 2.26. The molecule has 0 aliphatic carbocycles. The molecule has 4 N–H and O–H groups in total. The highest BCUT2D eigenvalue weighted by Gasteiger charge is 2.05. The Morgan fingerprint density at radius 3 is 2.42 bits per heavy atom. The van der Waals surface area contributed by atoms with Crippen LogP contribution < -0.4 is 11.5 Å². The van der Waals surface area contributed by atoms with Crippen molar-refractivity contribution in [2.75, 3.05) is 11.5 Å². The largest absolute Gasteiger partial charge is 0.383 e. The van der Waals surface area contributed by atoms with E-state index >= 15 is 0 Å². The molecule has 0 radical (unpaired) electrons. The van der Waals surface area contributed by atoms with Crippen molar-refractivity contribution in [3.8, 4) is 10.7 Å². The molecule has 4 nitrogen and oxygen atoms in total. The van der Waals surface area contributed by atoms with Crippen molar-refractivity contribution in [3.63, 3.8) is 0 Å². The van der Waals surface area contributed by atoms with E-state index in [1.807, 2.05) is 5.38 Å². The number of thiazole rings is 2. The summed E-state index contributed by atoms with van der Waals surface area (Å²) in [6, 6.07) is 0. The third-order valence-corrected chi connectivity index (χ3v) is 2.82. The van der Waals surface area contributed by atoms with Gasteiger partial charge >= 0.3 is 0 Å². The van der Waals surface area contributed by atoms with Crippen LogP contribution in [0.25, 0.3) is 10.7 Å². The normalized spacial score (nSPS) is 10.3. The van der Waals surface area contributed by atoms with Crippen molar-refractivity contribution < 1.29 is 0 Å². The molecule has 0 aromatic carbocycles. The molecule has 62 valence electrons. The molecule has 0 amide bonds. The van der Waals surface area contributed by atoms with Gasteiger partial charge in [-0.3, -0.25) is 0 Å². The molecule has 0 fully saturated rings. The van der Waals surface area contributed by atoms with Crippen LogP contribution >= 0.6 is 22.7 Å². The molecule has 12 heavy (non-hydrogen) atoms. The number of nitrogen functional groups attached to an aromatic ring is 2. The van der Waals surface area contributed by atoms with E-state index in [0.717, 1.165) is 10.7 Å². The highest BCUT2D eigenvalue weighted by molar-refractivity contribution is 7.15. The number of nitrogens with zero attached hydrogens (tertiary/aromatic N) is 2. The van der Waals surface area contributed by atoms with Gasteiger partial charge in [0.2, 0.25) is 0 Å². The Labute approximate surface area is 76.9 Å². The first-order chi connectivity index (χ1) is 5.75. The summed E-state index contributed by atoms with van der Waals surface area (Å²) in [7, 11) is 0. The van der Waals surface area contributed by atoms with Crippen LogP contribution in [0.2, 0.25) is 0 Å². The van der Waals surface area contributed by atoms with Gasteiger partial charge in [0.25, 0.3) is 0 Å². The molecule has 0 aliphatic rings. The maximum absolute atomic E-state index is 5.48. The third kappa shape index (κ3) is 1.26. The quantitative estimate of drug-likeness (QED) is 0.726. The summed E-state index contributed by atoms with van der Waals surface area (Å²) in [5, 5.41) is 5.03. The fourth-order valence-electron chi connectivity index (χ4n) is 0.790. The van der Waals surface area contributed by atoms with Crippen molar-refractivity contribution in [2.24, 2.45) is 0 Å². The summed E-state index contributed by atoms with van der Waals surface area (Å²) in [6.07, 6.45) is 0. The number of rotatable bonds is 1. The van der Waals surface area contributed by atoms with E-state index < -0.39 is 0 Å². The highest BCUT2D eigenvalue weighted by atomic mass is 32.1. The summed E-state index contributed by atoms with van der Waals surface area (Å²) < 4.78 is 0. The molecule has 0 aliphatic heterocycles. The number of hydrogen-bond donors (Lipinski definition) is 2. The van der Waals surface area contributed by atoms with Crippen LogP contribution in [-0.2, 0) is 0 Å². The second kappa shape index (κ2) is 2.72. The Hall–Kier alpha value is -1.14. The molecule has 0 atom stereocenters. The second-order valence-corrected chi connectivity index (χ2v) is 3.90. The summed E-state index contributed by atoms with van der Waals surface area (Å²) in [6.45, 7) is 0. The molecule has 2 aromatic heterocycles. The van der Waals surface area contributed by atoms with Gasteiger partial charge in [-0.1, -0.05) is 0 Å². The SMILES string of the molecule is Nc1csc(-c2csc(N)n2)n1. The van der Waals surface area contributed by atoms with E-state index in [4.69, 9.17) is 11.5 Å². The van der Waals surface area contributed by atoms with E-state index in [1.54, 1.807) is 5.38 Å². The van der Waals surface area contributed by atoms with Crippen LogP contribution in [0.3, 0.4) is 0 Å². The molecule has 0 bridgehead atoms. The predicted octanol–water partition coefficient (Wildman–Crippen LogP) is 1.43. The molecule has 0 saturated heterocycles. The first kappa shape index (κ1) is 7.51. The van der Waals surface area contributed by atoms with Crippen LogP contribution in [0.5, 0.6) is 0 Å². The predicted molar refractivity (Wildman–Crippen MR) is 52.0 cm³/mol. The summed E-state index contributed by atoms with van der Waals surface area (Å²) in [5.41, 5.74) is 11.7. The van der Waals surface area contributed by atoms with Gasteiger partial charge in [0.05, 0.1) is 0 Å². The van der Waals surface area contributed by atoms with E-state index in [9.17, 15) is 0 Å². The zero-order valence-corrected chi connectivity index (χ0v) is 7.65. The van der Waals surface area contributed by atoms with Gasteiger partial charge < -0.3 is 11.5 Å². The Bertz CT molecular complexity index is 353. The lowest BCUT2D eigenvalue weighted by Crippen LogP contribution is -1.84. The number of aromatic nitrogens is 2. The molecule has 2 heterocycles. The van der Waals surface area contributed by atoms with Crippen LogP contribution in [0.15, 0.2) is 10.8 Å². The van der Waals surface area contributed by atoms with Crippen LogP contribution in [0.4, 0.5) is 10.9 Å². The molecule has 2 rings (SSSR count). The fourth-order valence-corrected chi connectivity index (χ4v) is 2.08. The maximum atomic E-state index is 5.48. The van der Waals surface area contributed by atoms with E-state index in [2.05, 4.69) is 9.97 Å². The minimum Gasteiger partial charge on any atom is -0.383 e. The van der Waals surface area contributed by atoms with Crippen molar-refractivity contribution >= 4 is 33.6 Å². The van der Waals surface area contributed by atoms with Crippen molar-refractivity contribution in [1.29, 1.82) is 0 Å². The average molecular weight is 198 g/mol. The zero-order valence-electron chi connectivity index (χ0n) is 6.02. The molecule has 0 unspecified atom stereocenters. The smallest absolute Gasteiger partial charge is 0.180 e. The first-order valence-corrected chi connectivity index (χ1v) is 4.94. The van der Waals surface area contributed by atoms with E-state index in [0.29, 0.717) is 10.9 Å². The van der Waals surface area contributed by atoms with Gasteiger partial charge in [-0.05, 0) is 0 Å². The average Bonchev–Trinajstić information content (AvgIpc) is 2.58. The van der Waals surface area contributed by atoms with E-state index in [1.165, 1.54) is 22.7 Å². The van der Waals surface area contributed by atoms with Gasteiger partial charge in [-0.25, -0.2) is 9.97 Å². The lowest BCUT2D eigenvalue weighted by molar-refractivity contribution is 1.35. The maximum Gasteiger partial charge on any atom is 0.180 e. The number of nitrogens with two attached hydrogens (primary N) is 2. The standard InChI is InChI=1S/C6H6N4S2/c7-4-2-11-5(10-4)3-1-12-6(8)9-3/h1-2H,7H2,(H2,8,9). The van der Waals surface area contributed by atoms with Gasteiger partial charge in [0, 0.05) is 10.8 Å². The summed E-state index contributed by atoms with van der Waals surface area (Å²) >= 11 is 2.87. The van der Waals surface area contributed by atoms with Gasteiger partial charge in [-0.2, -0.15) is 0 Å². The topological polar surface area (TPSA) is 77.8 Å². The van der Waals surface area contributed by atoms with Crippen molar-refractivity contribution in [1.82, 2.24) is 9.97 Å². The molecule has 2 aromatic rings. The monoisotopic (exact) mass is 198 g/mol. The molecule has 0 spiro atoms. The van der Waals surface area contributed by atoms with Gasteiger partial charge in [-0.15, -0.1) is 22.7 Å². The van der Waals surface area contributed by atoms with Gasteiger partial charge in [0.15, 0.2) is 5.13 Å². The fraction of sp³-hybridized carbons (Fsp3) is 0. The number of anilines is 2. The second-order valence-electron chi connectivity index (χ2n) is 2.15. The molecular weight excluding hydrogens is 192 g/mol. The minimum atomic E-state index is 0.529. The summed E-state index contributed by atoms with van der Waals surface area (Å²) in [5.74, 6) is 0.529. The summed E-state index contributed by atoms with van der Waals surface area (Å²) in [4.78, 5) is 8.16. The van der Waals surface area contributed by atoms with Crippen molar-refractivity contribution in [2.45, 2.75) is 0 Å². The lowest BCUT2D eigenvalue weighted by Gasteiger charge is -1.84. The minimum absolute atomic E-state index is 0.529. The van der Waals surface area contributed by atoms with Crippen LogP contribution in [0.1, 0.15) is 0 Å².